The Morgan fingerprint density at radius 3 is 0.920 bits per heavy atom. The molecule has 0 aliphatic carbocycles. The van der Waals surface area contributed by atoms with Crippen molar-refractivity contribution < 1.29 is 0 Å². The molecule has 2 bridgehead atoms. The number of rotatable bonds is 4. The van der Waals surface area contributed by atoms with E-state index < -0.39 is 56.7 Å². The van der Waals surface area contributed by atoms with Crippen molar-refractivity contribution >= 4 is 78.9 Å². The maximum Gasteiger partial charge on any atom is 0.406 e. The van der Waals surface area contributed by atoms with Crippen molar-refractivity contribution in [2.24, 2.45) is 0 Å². The number of halogens is 2. The predicted octanol–water partition coefficient (Wildman–Crippen LogP) is 6.93. The molecule has 0 radical (unpaired) electrons. The van der Waals surface area contributed by atoms with Crippen molar-refractivity contribution in [1.82, 2.24) is 16.2 Å². The molecule has 3 aliphatic heterocycles. The van der Waals surface area contributed by atoms with E-state index >= 15 is 0 Å². The van der Waals surface area contributed by atoms with Crippen LogP contribution in [0.15, 0.2) is 0 Å². The number of hydrogen-bond acceptors (Lipinski definition) is 4. The lowest BCUT2D eigenvalue weighted by atomic mass is 11.8. The molecule has 4 nitrogen and oxygen atoms in total. The Kier molecular flexibility index (Phi) is 6.32. The van der Waals surface area contributed by atoms with Crippen LogP contribution in [0, 0.1) is 0 Å². The molecule has 3 fully saturated rings. The lowest BCUT2D eigenvalue weighted by Gasteiger charge is -2.78. The maximum absolute atomic E-state index is 7.37. The Hall–Kier alpha value is 2.36. The molecular weight excluding hydrogens is 473 g/mol. The van der Waals surface area contributed by atoms with Crippen molar-refractivity contribution in [2.45, 2.75) is 78.6 Å². The molecule has 25 heavy (non-hydrogen) atoms. The molecule has 0 aromatic rings. The first-order chi connectivity index (χ1) is 10.7. The molecule has 0 aromatic heterocycles. The highest BCUT2D eigenvalue weighted by Gasteiger charge is 2.75. The average Bonchev–Trinajstić information content (AvgIpc) is 2.16. The summed E-state index contributed by atoms with van der Waals surface area (Å²) in [5, 5.41) is 0. The summed E-state index contributed by atoms with van der Waals surface area (Å²) >= 11 is 14.7. The topological polar surface area (TPSA) is 13.0 Å². The Morgan fingerprint density at radius 2 is 0.760 bits per heavy atom. The molecule has 0 amide bonds. The summed E-state index contributed by atoms with van der Waals surface area (Å²) in [6, 6.07) is 0. The van der Waals surface area contributed by atoms with Crippen LogP contribution in [0.5, 0.6) is 0 Å². The second-order valence-electron chi connectivity index (χ2n) is 10.9. The van der Waals surface area contributed by atoms with Gasteiger partial charge in [0.1, 0.15) is 49.7 Å². The third-order valence-electron chi connectivity index (χ3n) is 4.02. The highest BCUT2D eigenvalue weighted by atomic mass is 35.7. The van der Waals surface area contributed by atoms with Crippen molar-refractivity contribution in [3.05, 3.63) is 0 Å². The van der Waals surface area contributed by atoms with Crippen LogP contribution in [0.25, 0.3) is 0 Å². The molecule has 0 atom stereocenters. The van der Waals surface area contributed by atoms with Crippen LogP contribution in [-0.4, -0.2) is 56.2 Å². The first-order valence-electron chi connectivity index (χ1n) is 8.92. The van der Waals surface area contributed by atoms with Gasteiger partial charge in [-0.15, -0.1) is 22.2 Å². The summed E-state index contributed by atoms with van der Waals surface area (Å²) in [6.45, 7) is 29.6. The summed E-state index contributed by atoms with van der Waals surface area (Å²) in [4.78, 5) is 0. The van der Waals surface area contributed by atoms with Crippen LogP contribution in [-0.2, 0) is 0 Å². The van der Waals surface area contributed by atoms with Gasteiger partial charge in [-0.25, -0.2) is 8.21 Å². The van der Waals surface area contributed by atoms with Crippen molar-refractivity contribution in [1.29, 1.82) is 0 Å². The van der Waals surface area contributed by atoms with E-state index in [4.69, 9.17) is 22.2 Å². The van der Waals surface area contributed by atoms with Crippen LogP contribution < -0.4 is 0 Å². The second-order valence-corrected chi connectivity index (χ2v) is 43.8. The van der Waals surface area contributed by atoms with Crippen LogP contribution in [0.2, 0.25) is 78.6 Å². The van der Waals surface area contributed by atoms with Crippen molar-refractivity contribution in [2.75, 3.05) is 0 Å². The molecule has 0 saturated carbocycles. The van der Waals surface area contributed by atoms with E-state index in [9.17, 15) is 0 Å². The first-order valence-corrected chi connectivity index (χ1v) is 29.0. The Balaban J connectivity index is 2.73. The van der Waals surface area contributed by atoms with Crippen LogP contribution >= 0.6 is 38.9 Å². The molecule has 3 rings (SSSR count). The van der Waals surface area contributed by atoms with Gasteiger partial charge in [0, 0.05) is 0 Å². The SMILES string of the molecule is C[Si](C)(C)N1P2N([Si](C)(C)C)P1N([Si](C)(C)C)[Si](Cl)(Cl)N2[Si](C)(C)C. The highest BCUT2D eigenvalue weighted by Crippen LogP contribution is 2.88. The third kappa shape index (κ3) is 4.02. The van der Waals surface area contributed by atoms with Gasteiger partial charge < -0.3 is 0 Å². The van der Waals surface area contributed by atoms with E-state index in [-0.39, 0.29) is 0 Å². The van der Waals surface area contributed by atoms with Gasteiger partial charge in [-0.3, -0.25) is 8.00 Å². The quantitative estimate of drug-likeness (QED) is 0.231. The fraction of sp³-hybridized carbons (Fsp3) is 1.00. The fourth-order valence-electron chi connectivity index (χ4n) is 3.33. The Labute approximate surface area is 173 Å². The minimum Gasteiger partial charge on any atom is -0.264 e. The molecule has 3 heterocycles. The standard InChI is InChI=1S/C12H36Cl2N4P2Si5/c1-21(2,3)15-19-16(22(4,5)6)20(15)18(24(10,11)12)25(13,14)17(19)23(7,8)9/h1-12H3. The smallest absolute Gasteiger partial charge is 0.264 e. The molecule has 0 unspecified atom stereocenters. The normalized spacial score (nSPS) is 30.5. The Morgan fingerprint density at radius 1 is 0.520 bits per heavy atom. The van der Waals surface area contributed by atoms with E-state index in [1.54, 1.807) is 0 Å². The maximum atomic E-state index is 7.37. The summed E-state index contributed by atoms with van der Waals surface area (Å²) in [5.74, 6) is 0. The summed E-state index contributed by atoms with van der Waals surface area (Å²) in [7, 11) is -9.81. The van der Waals surface area contributed by atoms with Gasteiger partial charge in [-0.2, -0.15) is 0 Å². The Bertz CT molecular complexity index is 490. The molecular formula is C12H36Cl2N4P2Si5. The second kappa shape index (κ2) is 6.69. The lowest BCUT2D eigenvalue weighted by Crippen LogP contribution is -2.80. The predicted molar refractivity (Wildman–Crippen MR) is 132 cm³/mol. The van der Waals surface area contributed by atoms with Crippen molar-refractivity contribution in [3.8, 4) is 0 Å². The molecule has 0 aromatic carbocycles. The molecule has 148 valence electrons. The molecule has 3 aliphatic rings. The van der Waals surface area contributed by atoms with E-state index in [0.717, 1.165) is 0 Å². The molecule has 3 saturated heterocycles. The van der Waals surface area contributed by atoms with Crippen molar-refractivity contribution in [3.63, 3.8) is 0 Å². The minimum atomic E-state index is -2.62. The van der Waals surface area contributed by atoms with Gasteiger partial charge in [0.2, 0.25) is 0 Å². The average molecular weight is 510 g/mol. The third-order valence-corrected chi connectivity index (χ3v) is 41.9. The minimum absolute atomic E-state index is 0.472. The van der Waals surface area contributed by atoms with E-state index in [1.165, 1.54) is 0 Å². The van der Waals surface area contributed by atoms with Gasteiger partial charge in [0.05, 0.1) is 0 Å². The number of nitrogens with zero attached hydrogens (tertiary/aromatic N) is 4. The van der Waals surface area contributed by atoms with Crippen LogP contribution in [0.1, 0.15) is 0 Å². The van der Waals surface area contributed by atoms with Gasteiger partial charge in [0.15, 0.2) is 0 Å². The van der Waals surface area contributed by atoms with E-state index in [1.807, 2.05) is 0 Å². The summed E-state index contributed by atoms with van der Waals surface area (Å²) in [6.07, 6.45) is 0. The van der Waals surface area contributed by atoms with E-state index in [2.05, 4.69) is 94.8 Å². The number of hydrogen-bond donors (Lipinski definition) is 0. The lowest BCUT2D eigenvalue weighted by molar-refractivity contribution is 0.640. The van der Waals surface area contributed by atoms with Crippen LogP contribution in [0.4, 0.5) is 0 Å². The zero-order valence-corrected chi connectivity index (χ0v) is 26.2. The molecule has 0 N–H and O–H groups in total. The first kappa shape index (κ1) is 23.6. The van der Waals surface area contributed by atoms with Gasteiger partial charge in [-0.05, 0) is 0 Å². The van der Waals surface area contributed by atoms with E-state index in [0.29, 0.717) is 0 Å². The summed E-state index contributed by atoms with van der Waals surface area (Å²) < 4.78 is 11.3. The van der Waals surface area contributed by atoms with Crippen LogP contribution in [0.3, 0.4) is 0 Å². The zero-order chi connectivity index (χ0) is 20.0. The monoisotopic (exact) mass is 508 g/mol. The molecule has 13 heteroatoms. The summed E-state index contributed by atoms with van der Waals surface area (Å²) in [5.41, 5.74) is 0. The largest absolute Gasteiger partial charge is 0.406 e. The molecule has 0 spiro atoms. The number of fused-ring (bicyclic) bond motifs is 2. The zero-order valence-electron chi connectivity index (χ0n) is 17.9. The van der Waals surface area contributed by atoms with Gasteiger partial charge >= 0.3 is 7.02 Å². The fourth-order valence-corrected chi connectivity index (χ4v) is 51.5. The highest BCUT2D eigenvalue weighted by molar-refractivity contribution is 7.93. The van der Waals surface area contributed by atoms with Gasteiger partial charge in [0.25, 0.3) is 0 Å². The van der Waals surface area contributed by atoms with Gasteiger partial charge in [-0.1, -0.05) is 78.6 Å².